The van der Waals surface area contributed by atoms with E-state index in [0.29, 0.717) is 0 Å². The molecule has 0 aliphatic carbocycles. The molecule has 0 aliphatic heterocycles. The molecule has 0 spiro atoms. The predicted octanol–water partition coefficient (Wildman–Crippen LogP) is 2.56. The second-order valence-corrected chi connectivity index (χ2v) is 4.35. The maximum Gasteiger partial charge on any atom is 0.270 e. The highest BCUT2D eigenvalue weighted by atomic mass is 32.2. The van der Waals surface area contributed by atoms with E-state index in [2.05, 4.69) is 4.72 Å². The van der Waals surface area contributed by atoms with Crippen molar-refractivity contribution < 1.29 is 13.3 Å². The van der Waals surface area contributed by atoms with Crippen molar-refractivity contribution in [2.45, 2.75) is 32.6 Å². The molecule has 6 nitrogen and oxygen atoms in total. The quantitative estimate of drug-likeness (QED) is 0.678. The molecule has 1 aromatic rings. The average Bonchev–Trinajstić information content (AvgIpc) is 2.43. The van der Waals surface area contributed by atoms with E-state index >= 15 is 0 Å². The molecule has 0 fully saturated rings. The normalized spacial score (nSPS) is 9.39. The highest BCUT2D eigenvalue weighted by Crippen LogP contribution is 2.16. The summed E-state index contributed by atoms with van der Waals surface area (Å²) in [6.07, 6.45) is 0. The fourth-order valence-electron chi connectivity index (χ4n) is 0.882. The summed E-state index contributed by atoms with van der Waals surface area (Å²) in [4.78, 5) is 9.60. The lowest BCUT2D eigenvalue weighted by Crippen LogP contribution is -2.18. The molecule has 0 radical (unpaired) electrons. The van der Waals surface area contributed by atoms with Gasteiger partial charge in [-0.2, -0.15) is 0 Å². The molecule has 0 amide bonds. The Kier molecular flexibility index (Phi) is 10.0. The number of nitrogens with one attached hydrogen (secondary N) is 1. The van der Waals surface area contributed by atoms with Gasteiger partial charge in [-0.15, -0.1) is 0 Å². The zero-order valence-corrected chi connectivity index (χ0v) is 12.1. The molecule has 0 unspecified atom stereocenters. The van der Waals surface area contributed by atoms with Crippen molar-refractivity contribution in [1.29, 1.82) is 0 Å². The van der Waals surface area contributed by atoms with Crippen LogP contribution in [0.3, 0.4) is 0 Å². The van der Waals surface area contributed by atoms with Gasteiger partial charge in [0, 0.05) is 12.1 Å². The Morgan fingerprint density at radius 2 is 1.67 bits per heavy atom. The summed E-state index contributed by atoms with van der Waals surface area (Å²) >= 11 is 0. The van der Waals surface area contributed by atoms with Crippen molar-refractivity contribution in [2.75, 3.05) is 7.05 Å². The standard InChI is InChI=1S/C7H8N2O4S.2C2H6/c1-8-14(12,13)7-4-2-3-6(5-7)9(10)11;2*1-2/h2-5,8H,1H3;2*1-2H3. The van der Waals surface area contributed by atoms with Crippen molar-refractivity contribution in [2.24, 2.45) is 0 Å². The first-order valence-electron chi connectivity index (χ1n) is 5.65. The molecule has 1 aromatic carbocycles. The van der Waals surface area contributed by atoms with E-state index in [9.17, 15) is 18.5 Å². The minimum atomic E-state index is -3.61. The molecule has 0 saturated carbocycles. The number of nitro benzene ring substituents is 1. The monoisotopic (exact) mass is 276 g/mol. The second kappa shape index (κ2) is 9.55. The molecule has 104 valence electrons. The molecule has 0 saturated heterocycles. The van der Waals surface area contributed by atoms with Gasteiger partial charge in [-0.05, 0) is 13.1 Å². The topological polar surface area (TPSA) is 89.3 Å². The number of non-ortho nitro benzene ring substituents is 1. The molecule has 7 heteroatoms. The van der Waals surface area contributed by atoms with Crippen LogP contribution in [0.25, 0.3) is 0 Å². The minimum absolute atomic E-state index is 0.116. The number of hydrogen-bond donors (Lipinski definition) is 1. The highest BCUT2D eigenvalue weighted by molar-refractivity contribution is 7.89. The van der Waals surface area contributed by atoms with Crippen molar-refractivity contribution in [3.05, 3.63) is 34.4 Å². The Bertz CT molecular complexity index is 458. The SMILES string of the molecule is CC.CC.CNS(=O)(=O)c1cccc([N+](=O)[O-])c1. The van der Waals surface area contributed by atoms with Crippen LogP contribution >= 0.6 is 0 Å². The fourth-order valence-corrected chi connectivity index (χ4v) is 1.65. The smallest absolute Gasteiger partial charge is 0.258 e. The van der Waals surface area contributed by atoms with Crippen LogP contribution in [0, 0.1) is 10.1 Å². The summed E-state index contributed by atoms with van der Waals surface area (Å²) in [6, 6.07) is 4.85. The Morgan fingerprint density at radius 3 is 2.06 bits per heavy atom. The van der Waals surface area contributed by atoms with Crippen molar-refractivity contribution in [3.8, 4) is 0 Å². The summed E-state index contributed by atoms with van der Waals surface area (Å²) in [5, 5.41) is 10.4. The highest BCUT2D eigenvalue weighted by Gasteiger charge is 2.14. The zero-order chi connectivity index (χ0) is 14.8. The van der Waals surface area contributed by atoms with Crippen LogP contribution in [0.15, 0.2) is 29.2 Å². The van der Waals surface area contributed by atoms with E-state index in [1.165, 1.54) is 25.2 Å². The Labute approximate surface area is 108 Å². The summed E-state index contributed by atoms with van der Waals surface area (Å²) in [5.74, 6) is 0. The van der Waals surface area contributed by atoms with Crippen LogP contribution < -0.4 is 4.72 Å². The molecule has 0 bridgehead atoms. The average molecular weight is 276 g/mol. The molecule has 1 rings (SSSR count). The van der Waals surface area contributed by atoms with Crippen LogP contribution in [0.2, 0.25) is 0 Å². The molecule has 18 heavy (non-hydrogen) atoms. The lowest BCUT2D eigenvalue weighted by molar-refractivity contribution is -0.385. The third-order valence-electron chi connectivity index (χ3n) is 1.61. The van der Waals surface area contributed by atoms with Gasteiger partial charge in [0.2, 0.25) is 10.0 Å². The maximum atomic E-state index is 11.2. The number of rotatable bonds is 3. The largest absolute Gasteiger partial charge is 0.270 e. The van der Waals surface area contributed by atoms with Crippen molar-refractivity contribution in [1.82, 2.24) is 4.72 Å². The lowest BCUT2D eigenvalue weighted by atomic mass is 10.3. The molecular formula is C11H20N2O4S. The number of nitrogens with zero attached hydrogens (tertiary/aromatic N) is 1. The van der Waals surface area contributed by atoms with Gasteiger partial charge in [0.15, 0.2) is 0 Å². The third kappa shape index (κ3) is 5.74. The van der Waals surface area contributed by atoms with E-state index < -0.39 is 14.9 Å². The fraction of sp³-hybridized carbons (Fsp3) is 0.455. The summed E-state index contributed by atoms with van der Waals surface area (Å²) < 4.78 is 24.6. The first-order valence-corrected chi connectivity index (χ1v) is 7.13. The van der Waals surface area contributed by atoms with Gasteiger partial charge in [0.1, 0.15) is 0 Å². The van der Waals surface area contributed by atoms with E-state index in [1.807, 2.05) is 27.7 Å². The molecule has 0 atom stereocenters. The summed E-state index contributed by atoms with van der Waals surface area (Å²) in [7, 11) is -2.36. The number of sulfonamides is 1. The van der Waals surface area contributed by atoms with Crippen LogP contribution in [0.5, 0.6) is 0 Å². The number of nitro groups is 1. The van der Waals surface area contributed by atoms with Gasteiger partial charge in [0.05, 0.1) is 9.82 Å². The molecule has 0 aliphatic rings. The minimum Gasteiger partial charge on any atom is -0.258 e. The Balaban J connectivity index is 0. The molecule has 1 N–H and O–H groups in total. The first-order chi connectivity index (χ1) is 8.47. The van der Waals surface area contributed by atoms with Crippen molar-refractivity contribution >= 4 is 15.7 Å². The number of hydrogen-bond acceptors (Lipinski definition) is 4. The lowest BCUT2D eigenvalue weighted by Gasteiger charge is -2.00. The van der Waals surface area contributed by atoms with Gasteiger partial charge in [-0.3, -0.25) is 10.1 Å². The van der Waals surface area contributed by atoms with E-state index in [-0.39, 0.29) is 10.6 Å². The molecule has 0 heterocycles. The summed E-state index contributed by atoms with van der Waals surface area (Å²) in [5.41, 5.74) is -0.249. The van der Waals surface area contributed by atoms with Crippen LogP contribution in [-0.2, 0) is 10.0 Å². The molecular weight excluding hydrogens is 256 g/mol. The van der Waals surface area contributed by atoms with Crippen LogP contribution in [0.4, 0.5) is 5.69 Å². The Morgan fingerprint density at radius 1 is 1.17 bits per heavy atom. The van der Waals surface area contributed by atoms with Crippen LogP contribution in [-0.4, -0.2) is 20.4 Å². The maximum absolute atomic E-state index is 11.2. The van der Waals surface area contributed by atoms with Gasteiger partial charge >= 0.3 is 0 Å². The molecule has 0 aromatic heterocycles. The van der Waals surface area contributed by atoms with Gasteiger partial charge in [-0.25, -0.2) is 13.1 Å². The van der Waals surface area contributed by atoms with E-state index in [4.69, 9.17) is 0 Å². The van der Waals surface area contributed by atoms with Gasteiger partial charge < -0.3 is 0 Å². The van der Waals surface area contributed by atoms with Crippen LogP contribution in [0.1, 0.15) is 27.7 Å². The zero-order valence-electron chi connectivity index (χ0n) is 11.3. The first kappa shape index (κ1) is 18.9. The third-order valence-corrected chi connectivity index (χ3v) is 3.02. The van der Waals surface area contributed by atoms with E-state index in [1.54, 1.807) is 0 Å². The van der Waals surface area contributed by atoms with Crippen molar-refractivity contribution in [3.63, 3.8) is 0 Å². The summed E-state index contributed by atoms with van der Waals surface area (Å²) in [6.45, 7) is 8.00. The Hall–Kier alpha value is -1.47. The van der Waals surface area contributed by atoms with E-state index in [0.717, 1.165) is 6.07 Å². The van der Waals surface area contributed by atoms with Gasteiger partial charge in [-0.1, -0.05) is 33.8 Å². The number of benzene rings is 1. The van der Waals surface area contributed by atoms with Gasteiger partial charge in [0.25, 0.3) is 5.69 Å². The second-order valence-electron chi connectivity index (χ2n) is 2.46. The predicted molar refractivity (Wildman–Crippen MR) is 72.0 cm³/mol.